The summed E-state index contributed by atoms with van der Waals surface area (Å²) in [5.41, 5.74) is 6.31. The van der Waals surface area contributed by atoms with E-state index in [0.29, 0.717) is 23.6 Å². The van der Waals surface area contributed by atoms with E-state index in [2.05, 4.69) is 0 Å². The van der Waals surface area contributed by atoms with Gasteiger partial charge in [0.05, 0.1) is 14.2 Å². The highest BCUT2D eigenvalue weighted by Gasteiger charge is 2.28. The molecule has 0 aromatic heterocycles. The number of carbonyl (C=O) groups excluding carboxylic acids is 1. The summed E-state index contributed by atoms with van der Waals surface area (Å²) in [7, 11) is 3.13. The molecule has 1 aromatic rings. The lowest BCUT2D eigenvalue weighted by molar-refractivity contribution is 0.0741. The maximum absolute atomic E-state index is 12.5. The van der Waals surface area contributed by atoms with Crippen LogP contribution in [-0.2, 0) is 0 Å². The number of nitrogens with two attached hydrogens (primary N) is 1. The zero-order valence-electron chi connectivity index (χ0n) is 11.4. The molecular formula is C14H20N2O3. The largest absolute Gasteiger partial charge is 0.493 e. The van der Waals surface area contributed by atoms with Crippen molar-refractivity contribution in [3.63, 3.8) is 0 Å². The van der Waals surface area contributed by atoms with Gasteiger partial charge >= 0.3 is 0 Å². The first-order valence-electron chi connectivity index (χ1n) is 6.44. The van der Waals surface area contributed by atoms with Gasteiger partial charge in [-0.05, 0) is 31.0 Å². The Bertz CT molecular complexity index is 462. The molecule has 5 nitrogen and oxygen atoms in total. The highest BCUT2D eigenvalue weighted by atomic mass is 16.5. The number of hydrogen-bond acceptors (Lipinski definition) is 4. The van der Waals surface area contributed by atoms with Crippen molar-refractivity contribution in [1.82, 2.24) is 4.90 Å². The van der Waals surface area contributed by atoms with Gasteiger partial charge in [0, 0.05) is 24.7 Å². The van der Waals surface area contributed by atoms with Crippen LogP contribution in [0.25, 0.3) is 0 Å². The Labute approximate surface area is 113 Å². The predicted molar refractivity (Wildman–Crippen MR) is 72.7 cm³/mol. The number of nitrogens with zero attached hydrogens (tertiary/aromatic N) is 1. The molecule has 1 heterocycles. The maximum Gasteiger partial charge on any atom is 0.254 e. The van der Waals surface area contributed by atoms with Gasteiger partial charge in [0.1, 0.15) is 0 Å². The molecular weight excluding hydrogens is 244 g/mol. The number of carbonyl (C=O) groups is 1. The van der Waals surface area contributed by atoms with Gasteiger partial charge in [-0.3, -0.25) is 4.79 Å². The smallest absolute Gasteiger partial charge is 0.254 e. The Balaban J connectivity index is 2.24. The Morgan fingerprint density at radius 3 is 2.74 bits per heavy atom. The lowest BCUT2D eigenvalue weighted by Crippen LogP contribution is -2.39. The topological polar surface area (TPSA) is 64.8 Å². The molecule has 1 aliphatic rings. The van der Waals surface area contributed by atoms with Crippen molar-refractivity contribution < 1.29 is 14.3 Å². The molecule has 104 valence electrons. The molecule has 2 N–H and O–H groups in total. The fourth-order valence-electron chi connectivity index (χ4n) is 2.48. The molecule has 1 unspecified atom stereocenters. The standard InChI is InChI=1S/C14H20N2O3/c1-18-12-6-5-10(8-13(12)19-2)14(17)16-7-3-4-11(16)9-15/h5-6,8,11H,3-4,7,9,15H2,1-2H3. The fraction of sp³-hybridized carbons (Fsp3) is 0.500. The molecule has 0 bridgehead atoms. The summed E-state index contributed by atoms with van der Waals surface area (Å²) in [5.74, 6) is 1.20. The summed E-state index contributed by atoms with van der Waals surface area (Å²) in [4.78, 5) is 14.3. The van der Waals surface area contributed by atoms with Crippen LogP contribution in [0.5, 0.6) is 11.5 Å². The first kappa shape index (κ1) is 13.7. The molecule has 1 aliphatic heterocycles. The molecule has 0 radical (unpaired) electrons. The van der Waals surface area contributed by atoms with Gasteiger partial charge in [-0.1, -0.05) is 0 Å². The average molecular weight is 264 g/mol. The van der Waals surface area contributed by atoms with Gasteiger partial charge in [-0.15, -0.1) is 0 Å². The molecule has 1 atom stereocenters. The predicted octanol–water partition coefficient (Wildman–Crippen LogP) is 1.27. The minimum absolute atomic E-state index is 0.00824. The lowest BCUT2D eigenvalue weighted by atomic mass is 10.1. The molecule has 1 fully saturated rings. The van der Waals surface area contributed by atoms with Gasteiger partial charge in [-0.25, -0.2) is 0 Å². The van der Waals surface area contributed by atoms with E-state index in [4.69, 9.17) is 15.2 Å². The third kappa shape index (κ3) is 2.66. The van der Waals surface area contributed by atoms with Crippen LogP contribution in [0, 0.1) is 0 Å². The summed E-state index contributed by atoms with van der Waals surface area (Å²) in [6.07, 6.45) is 2.00. The second-order valence-electron chi connectivity index (χ2n) is 4.60. The number of hydrogen-bond donors (Lipinski definition) is 1. The van der Waals surface area contributed by atoms with Crippen LogP contribution in [0.4, 0.5) is 0 Å². The average Bonchev–Trinajstić information content (AvgIpc) is 2.94. The van der Waals surface area contributed by atoms with Crippen molar-refractivity contribution in [2.75, 3.05) is 27.3 Å². The van der Waals surface area contributed by atoms with Crippen molar-refractivity contribution >= 4 is 5.91 Å². The van der Waals surface area contributed by atoms with Gasteiger partial charge in [0.2, 0.25) is 0 Å². The summed E-state index contributed by atoms with van der Waals surface area (Å²) in [6.45, 7) is 1.29. The third-order valence-electron chi connectivity index (χ3n) is 3.54. The van der Waals surface area contributed by atoms with Crippen molar-refractivity contribution in [1.29, 1.82) is 0 Å². The SMILES string of the molecule is COc1ccc(C(=O)N2CCCC2CN)cc1OC. The Hall–Kier alpha value is -1.75. The fourth-order valence-corrected chi connectivity index (χ4v) is 2.48. The molecule has 2 rings (SSSR count). The van der Waals surface area contributed by atoms with Crippen molar-refractivity contribution in [3.05, 3.63) is 23.8 Å². The number of rotatable bonds is 4. The Kier molecular flexibility index (Phi) is 4.27. The molecule has 5 heteroatoms. The first-order chi connectivity index (χ1) is 9.21. The normalized spacial score (nSPS) is 18.5. The third-order valence-corrected chi connectivity index (χ3v) is 3.54. The van der Waals surface area contributed by atoms with E-state index in [-0.39, 0.29) is 11.9 Å². The molecule has 0 saturated carbocycles. The van der Waals surface area contributed by atoms with Crippen molar-refractivity contribution in [2.45, 2.75) is 18.9 Å². The van der Waals surface area contributed by atoms with Crippen molar-refractivity contribution in [3.8, 4) is 11.5 Å². The number of ether oxygens (including phenoxy) is 2. The number of methoxy groups -OCH3 is 2. The van der Waals surface area contributed by atoms with E-state index in [9.17, 15) is 4.79 Å². The van der Waals surface area contributed by atoms with Crippen LogP contribution in [0.15, 0.2) is 18.2 Å². The number of benzene rings is 1. The Morgan fingerprint density at radius 1 is 1.37 bits per heavy atom. The highest BCUT2D eigenvalue weighted by molar-refractivity contribution is 5.95. The highest BCUT2D eigenvalue weighted by Crippen LogP contribution is 2.29. The Morgan fingerprint density at radius 2 is 2.11 bits per heavy atom. The van der Waals surface area contributed by atoms with Gasteiger partial charge < -0.3 is 20.1 Å². The molecule has 1 aromatic carbocycles. The summed E-state index contributed by atoms with van der Waals surface area (Å²) >= 11 is 0. The molecule has 1 amide bonds. The van der Waals surface area contributed by atoms with Gasteiger partial charge in [-0.2, -0.15) is 0 Å². The van der Waals surface area contributed by atoms with E-state index in [1.165, 1.54) is 0 Å². The van der Waals surface area contributed by atoms with Crippen LogP contribution in [0.2, 0.25) is 0 Å². The number of likely N-dealkylation sites (tertiary alicyclic amines) is 1. The van der Waals surface area contributed by atoms with E-state index in [1.807, 2.05) is 4.90 Å². The zero-order chi connectivity index (χ0) is 13.8. The minimum atomic E-state index is 0.00824. The monoisotopic (exact) mass is 264 g/mol. The first-order valence-corrected chi connectivity index (χ1v) is 6.44. The van der Waals surface area contributed by atoms with Gasteiger partial charge in [0.15, 0.2) is 11.5 Å². The van der Waals surface area contributed by atoms with Crippen LogP contribution < -0.4 is 15.2 Å². The summed E-state index contributed by atoms with van der Waals surface area (Å²) in [5, 5.41) is 0. The molecule has 0 aliphatic carbocycles. The number of amides is 1. The molecule has 0 spiro atoms. The van der Waals surface area contributed by atoms with E-state index in [0.717, 1.165) is 19.4 Å². The van der Waals surface area contributed by atoms with Crippen LogP contribution in [-0.4, -0.2) is 44.2 Å². The molecule has 1 saturated heterocycles. The summed E-state index contributed by atoms with van der Waals surface area (Å²) < 4.78 is 10.4. The second kappa shape index (κ2) is 5.93. The van der Waals surface area contributed by atoms with Crippen molar-refractivity contribution in [2.24, 2.45) is 5.73 Å². The summed E-state index contributed by atoms with van der Waals surface area (Å²) in [6, 6.07) is 5.38. The maximum atomic E-state index is 12.5. The van der Waals surface area contributed by atoms with Gasteiger partial charge in [0.25, 0.3) is 5.91 Å². The van der Waals surface area contributed by atoms with E-state index < -0.39 is 0 Å². The van der Waals surface area contributed by atoms with Crippen LogP contribution in [0.1, 0.15) is 23.2 Å². The molecule has 19 heavy (non-hydrogen) atoms. The second-order valence-corrected chi connectivity index (χ2v) is 4.60. The zero-order valence-corrected chi connectivity index (χ0v) is 11.4. The van der Waals surface area contributed by atoms with E-state index in [1.54, 1.807) is 32.4 Å². The quantitative estimate of drug-likeness (QED) is 0.889. The lowest BCUT2D eigenvalue weighted by Gasteiger charge is -2.23. The van der Waals surface area contributed by atoms with E-state index >= 15 is 0 Å². The van der Waals surface area contributed by atoms with Crippen LogP contribution in [0.3, 0.4) is 0 Å². The van der Waals surface area contributed by atoms with Crippen LogP contribution >= 0.6 is 0 Å². The minimum Gasteiger partial charge on any atom is -0.493 e.